The molecule has 1 heterocycles. The Morgan fingerprint density at radius 3 is 2.55 bits per heavy atom. The predicted molar refractivity (Wildman–Crippen MR) is 88.9 cm³/mol. The molecule has 2 nitrogen and oxygen atoms in total. The van der Waals surface area contributed by atoms with Crippen LogP contribution in [0.1, 0.15) is 5.56 Å². The summed E-state index contributed by atoms with van der Waals surface area (Å²) in [4.78, 5) is 4.43. The SMILES string of the molecule is Cc1c(Cl)ccc2c(Nc3ccc(Br)cc3)ccnc12. The minimum Gasteiger partial charge on any atom is -0.355 e. The topological polar surface area (TPSA) is 24.9 Å². The lowest BCUT2D eigenvalue weighted by Gasteiger charge is -2.11. The highest BCUT2D eigenvalue weighted by molar-refractivity contribution is 9.10. The van der Waals surface area contributed by atoms with E-state index in [1.165, 1.54) is 0 Å². The first-order valence-electron chi connectivity index (χ1n) is 6.21. The zero-order valence-electron chi connectivity index (χ0n) is 10.8. The van der Waals surface area contributed by atoms with Gasteiger partial charge in [-0.25, -0.2) is 0 Å². The van der Waals surface area contributed by atoms with Crippen molar-refractivity contribution in [1.82, 2.24) is 4.98 Å². The van der Waals surface area contributed by atoms with Crippen molar-refractivity contribution in [1.29, 1.82) is 0 Å². The number of aryl methyl sites for hydroxylation is 1. The summed E-state index contributed by atoms with van der Waals surface area (Å²) in [7, 11) is 0. The minimum atomic E-state index is 0.741. The number of rotatable bonds is 2. The lowest BCUT2D eigenvalue weighted by atomic mass is 10.1. The van der Waals surface area contributed by atoms with E-state index in [4.69, 9.17) is 11.6 Å². The van der Waals surface area contributed by atoms with Crippen LogP contribution in [0.25, 0.3) is 10.9 Å². The highest BCUT2D eigenvalue weighted by Crippen LogP contribution is 2.30. The molecule has 20 heavy (non-hydrogen) atoms. The summed E-state index contributed by atoms with van der Waals surface area (Å²) in [6, 6.07) is 13.9. The van der Waals surface area contributed by atoms with Crippen molar-refractivity contribution >= 4 is 49.8 Å². The first-order valence-corrected chi connectivity index (χ1v) is 7.38. The van der Waals surface area contributed by atoms with E-state index < -0.39 is 0 Å². The molecule has 0 atom stereocenters. The van der Waals surface area contributed by atoms with Gasteiger partial charge in [0, 0.05) is 32.5 Å². The molecule has 0 aliphatic rings. The van der Waals surface area contributed by atoms with Crippen LogP contribution in [0.5, 0.6) is 0 Å². The third kappa shape index (κ3) is 2.51. The van der Waals surface area contributed by atoms with Gasteiger partial charge in [-0.2, -0.15) is 0 Å². The van der Waals surface area contributed by atoms with Crippen LogP contribution in [-0.4, -0.2) is 4.98 Å². The second kappa shape index (κ2) is 5.43. The Kier molecular flexibility index (Phi) is 3.64. The van der Waals surface area contributed by atoms with Crippen LogP contribution in [0.2, 0.25) is 5.02 Å². The van der Waals surface area contributed by atoms with Gasteiger partial charge in [-0.15, -0.1) is 0 Å². The lowest BCUT2D eigenvalue weighted by Crippen LogP contribution is -1.93. The van der Waals surface area contributed by atoms with Gasteiger partial charge in [0.15, 0.2) is 0 Å². The lowest BCUT2D eigenvalue weighted by molar-refractivity contribution is 1.36. The number of halogens is 2. The number of hydrogen-bond donors (Lipinski definition) is 1. The van der Waals surface area contributed by atoms with Gasteiger partial charge < -0.3 is 5.32 Å². The number of aromatic nitrogens is 1. The maximum atomic E-state index is 6.15. The number of nitrogens with zero attached hydrogens (tertiary/aromatic N) is 1. The molecule has 0 unspecified atom stereocenters. The van der Waals surface area contributed by atoms with Crippen molar-refractivity contribution in [3.63, 3.8) is 0 Å². The molecule has 1 aromatic heterocycles. The van der Waals surface area contributed by atoms with Crippen molar-refractivity contribution in [2.45, 2.75) is 6.92 Å². The van der Waals surface area contributed by atoms with Crippen LogP contribution in [0.15, 0.2) is 53.1 Å². The van der Waals surface area contributed by atoms with Crippen LogP contribution in [0.4, 0.5) is 11.4 Å². The first-order chi connectivity index (χ1) is 9.65. The first kappa shape index (κ1) is 13.4. The molecule has 4 heteroatoms. The molecule has 3 rings (SSSR count). The summed E-state index contributed by atoms with van der Waals surface area (Å²) >= 11 is 9.59. The molecule has 3 aromatic rings. The van der Waals surface area contributed by atoms with Crippen LogP contribution in [0, 0.1) is 6.92 Å². The maximum Gasteiger partial charge on any atom is 0.0766 e. The second-order valence-corrected chi connectivity index (χ2v) is 5.88. The fourth-order valence-corrected chi connectivity index (χ4v) is 2.55. The molecule has 0 saturated carbocycles. The van der Waals surface area contributed by atoms with E-state index in [1.807, 2.05) is 49.4 Å². The number of anilines is 2. The summed E-state index contributed by atoms with van der Waals surface area (Å²) in [5.41, 5.74) is 3.99. The number of pyridine rings is 1. The van der Waals surface area contributed by atoms with Crippen LogP contribution in [-0.2, 0) is 0 Å². The summed E-state index contributed by atoms with van der Waals surface area (Å²) in [6.45, 7) is 1.99. The summed E-state index contributed by atoms with van der Waals surface area (Å²) < 4.78 is 1.06. The Balaban J connectivity index is 2.08. The molecule has 2 aromatic carbocycles. The molecule has 0 spiro atoms. The number of benzene rings is 2. The number of fused-ring (bicyclic) bond motifs is 1. The highest BCUT2D eigenvalue weighted by Gasteiger charge is 2.07. The van der Waals surface area contributed by atoms with Crippen molar-refractivity contribution in [2.24, 2.45) is 0 Å². The largest absolute Gasteiger partial charge is 0.355 e. The average Bonchev–Trinajstić information content (AvgIpc) is 2.46. The summed E-state index contributed by atoms with van der Waals surface area (Å²) in [5, 5.41) is 5.23. The Morgan fingerprint density at radius 1 is 1.05 bits per heavy atom. The molecule has 0 saturated heterocycles. The van der Waals surface area contributed by atoms with Gasteiger partial charge in [-0.05, 0) is 55.0 Å². The van der Waals surface area contributed by atoms with E-state index in [0.29, 0.717) is 0 Å². The van der Waals surface area contributed by atoms with Gasteiger partial charge in [0.1, 0.15) is 0 Å². The number of hydrogen-bond acceptors (Lipinski definition) is 2. The molecule has 0 aliphatic carbocycles. The molecule has 0 fully saturated rings. The van der Waals surface area contributed by atoms with Gasteiger partial charge in [-0.1, -0.05) is 27.5 Å². The molecular weight excluding hydrogens is 336 g/mol. The summed E-state index contributed by atoms with van der Waals surface area (Å²) in [6.07, 6.45) is 1.80. The average molecular weight is 348 g/mol. The Hall–Kier alpha value is -1.58. The van der Waals surface area contributed by atoms with Crippen LogP contribution >= 0.6 is 27.5 Å². The van der Waals surface area contributed by atoms with Gasteiger partial charge in [0.25, 0.3) is 0 Å². The van der Waals surface area contributed by atoms with Crippen molar-refractivity contribution in [3.8, 4) is 0 Å². The Labute approximate surface area is 130 Å². The second-order valence-electron chi connectivity index (χ2n) is 4.56. The fourth-order valence-electron chi connectivity index (χ4n) is 2.13. The summed E-state index contributed by atoms with van der Waals surface area (Å²) in [5.74, 6) is 0. The van der Waals surface area contributed by atoms with E-state index in [1.54, 1.807) is 6.20 Å². The van der Waals surface area contributed by atoms with Gasteiger partial charge in [-0.3, -0.25) is 4.98 Å². The van der Waals surface area contributed by atoms with Gasteiger partial charge >= 0.3 is 0 Å². The van der Waals surface area contributed by atoms with Crippen molar-refractivity contribution in [2.75, 3.05) is 5.32 Å². The molecule has 0 radical (unpaired) electrons. The standard InChI is InChI=1S/C16H12BrClN2/c1-10-14(18)7-6-13-15(8-9-19-16(10)13)20-12-4-2-11(17)3-5-12/h2-9H,1H3,(H,19,20). The smallest absolute Gasteiger partial charge is 0.0766 e. The number of nitrogens with one attached hydrogen (secondary N) is 1. The van der Waals surface area contributed by atoms with E-state index >= 15 is 0 Å². The molecule has 0 amide bonds. The molecule has 100 valence electrons. The quantitative estimate of drug-likeness (QED) is 0.643. The zero-order valence-corrected chi connectivity index (χ0v) is 13.2. The van der Waals surface area contributed by atoms with E-state index in [9.17, 15) is 0 Å². The third-order valence-electron chi connectivity index (χ3n) is 3.22. The van der Waals surface area contributed by atoms with Crippen LogP contribution in [0.3, 0.4) is 0 Å². The monoisotopic (exact) mass is 346 g/mol. The Bertz CT molecular complexity index is 769. The molecule has 0 aliphatic heterocycles. The van der Waals surface area contributed by atoms with E-state index in [0.717, 1.165) is 37.3 Å². The van der Waals surface area contributed by atoms with E-state index in [2.05, 4.69) is 26.2 Å². The minimum absolute atomic E-state index is 0.741. The maximum absolute atomic E-state index is 6.15. The molecule has 1 N–H and O–H groups in total. The van der Waals surface area contributed by atoms with Crippen molar-refractivity contribution < 1.29 is 0 Å². The highest BCUT2D eigenvalue weighted by atomic mass is 79.9. The zero-order chi connectivity index (χ0) is 14.1. The normalized spacial score (nSPS) is 10.8. The van der Waals surface area contributed by atoms with Crippen molar-refractivity contribution in [3.05, 3.63) is 63.7 Å². The molecule has 0 bridgehead atoms. The fraction of sp³-hybridized carbons (Fsp3) is 0.0625. The molecular formula is C16H12BrClN2. The van der Waals surface area contributed by atoms with Gasteiger partial charge in [0.2, 0.25) is 0 Å². The third-order valence-corrected chi connectivity index (χ3v) is 4.16. The predicted octanol–water partition coefficient (Wildman–Crippen LogP) is 5.70. The Morgan fingerprint density at radius 2 is 1.80 bits per heavy atom. The van der Waals surface area contributed by atoms with Crippen LogP contribution < -0.4 is 5.32 Å². The van der Waals surface area contributed by atoms with Gasteiger partial charge in [0.05, 0.1) is 5.52 Å². The van der Waals surface area contributed by atoms with E-state index in [-0.39, 0.29) is 0 Å².